The molecular weight excluding hydrogens is 931 g/mol. The van der Waals surface area contributed by atoms with Crippen molar-refractivity contribution in [3.8, 4) is 11.6 Å². The van der Waals surface area contributed by atoms with Crippen LogP contribution in [-0.2, 0) is 35.6 Å². The molecule has 7 rings (SSSR count). The van der Waals surface area contributed by atoms with Crippen molar-refractivity contribution in [2.75, 3.05) is 32.8 Å². The summed E-state index contributed by atoms with van der Waals surface area (Å²) < 4.78 is 44.2. The molecule has 0 spiro atoms. The Morgan fingerprint density at radius 2 is 1.85 bits per heavy atom. The van der Waals surface area contributed by atoms with Crippen LogP contribution in [0.4, 0.5) is 4.79 Å². The number of aromatic nitrogens is 1. The van der Waals surface area contributed by atoms with Crippen molar-refractivity contribution in [1.29, 1.82) is 0 Å². The van der Waals surface area contributed by atoms with Crippen molar-refractivity contribution in [3.05, 3.63) is 42.5 Å². The van der Waals surface area contributed by atoms with Crippen molar-refractivity contribution in [3.63, 3.8) is 0 Å². The number of nitrogens with two attached hydrogens (primary N) is 1. The number of carbonyl (C=O) groups is 4. The molecule has 6 N–H and O–H groups in total. The number of para-hydroxylation sites is 1. The normalized spacial score (nSPS) is 26.5. The first-order valence-electron chi connectivity index (χ1n) is 22.2. The molecule has 5 fully saturated rings. The number of alkyl halides is 2. The van der Waals surface area contributed by atoms with Gasteiger partial charge < -0.3 is 20.9 Å². The van der Waals surface area contributed by atoms with Gasteiger partial charge in [0.25, 0.3) is 0 Å². The van der Waals surface area contributed by atoms with Gasteiger partial charge in [0.05, 0.1) is 6.61 Å². The van der Waals surface area contributed by atoms with E-state index in [9.17, 15) is 32.7 Å². The number of hydrogen-bond acceptors (Lipinski definition) is 12. The van der Waals surface area contributed by atoms with Crippen LogP contribution in [0.3, 0.4) is 0 Å². The van der Waals surface area contributed by atoms with Gasteiger partial charge in [0.2, 0.25) is 0 Å². The molecule has 5 aliphatic rings. The molecule has 3 aliphatic carbocycles. The third kappa shape index (κ3) is 10.9. The first kappa shape index (κ1) is 46.2. The second-order valence-electron chi connectivity index (χ2n) is 17.7. The molecule has 62 heavy (non-hydrogen) atoms. The fraction of sp³-hybridized carbons (Fsp3) is 0.659. The van der Waals surface area contributed by atoms with E-state index in [0.717, 1.165) is 75.2 Å². The summed E-state index contributed by atoms with van der Waals surface area (Å²) >= 11 is -1.01. The first-order chi connectivity index (χ1) is 29.8. The summed E-state index contributed by atoms with van der Waals surface area (Å²) in [5.74, 6) is 0.115. The number of aliphatic hydroxyl groups excluding tert-OH is 1. The zero-order valence-electron chi connectivity index (χ0n) is 35.6. The number of benzene rings is 1. The Balaban J connectivity index is 1.12. The molecule has 342 valence electrons. The fourth-order valence-electron chi connectivity index (χ4n) is 8.85. The summed E-state index contributed by atoms with van der Waals surface area (Å²) in [6.45, 7) is 6.85. The number of unbranched alkanes of at least 4 members (excludes halogenated alkanes) is 2. The average Bonchev–Trinajstić information content (AvgIpc) is 4.21. The molecule has 2 aromatic rings. The van der Waals surface area contributed by atoms with Crippen LogP contribution in [0.25, 0.3) is 10.9 Å². The average molecular weight is 994 g/mol. The van der Waals surface area contributed by atoms with Gasteiger partial charge in [0, 0.05) is 13.1 Å². The number of hydrogen-bond donors (Lipinski definition) is 5. The van der Waals surface area contributed by atoms with Gasteiger partial charge in [-0.05, 0) is 18.8 Å². The molecule has 2 saturated heterocycles. The van der Waals surface area contributed by atoms with Gasteiger partial charge >= 0.3 is 294 Å². The molecule has 18 heteroatoms. The van der Waals surface area contributed by atoms with Crippen molar-refractivity contribution in [2.24, 2.45) is 17.6 Å². The number of pyridine rings is 1. The van der Waals surface area contributed by atoms with Gasteiger partial charge in [-0.15, -0.1) is 0 Å². The van der Waals surface area contributed by atoms with E-state index in [4.69, 9.17) is 24.9 Å². The molecule has 1 aromatic carbocycles. The Morgan fingerprint density at radius 3 is 2.56 bits per heavy atom. The molecule has 6 atom stereocenters. The molecule has 3 heterocycles. The van der Waals surface area contributed by atoms with Crippen LogP contribution in [0.5, 0.6) is 11.6 Å². The van der Waals surface area contributed by atoms with Crippen molar-refractivity contribution in [1.82, 2.24) is 25.2 Å². The predicted octanol–water partition coefficient (Wildman–Crippen LogP) is 0.569. The molecular formula is C44H62IN6O10S-. The van der Waals surface area contributed by atoms with E-state index >= 15 is 0 Å². The van der Waals surface area contributed by atoms with E-state index in [0.29, 0.717) is 68.4 Å². The quantitative estimate of drug-likeness (QED) is 0.0339. The summed E-state index contributed by atoms with van der Waals surface area (Å²) in [7, 11) is -3.95. The number of amides is 4. The van der Waals surface area contributed by atoms with Gasteiger partial charge in [-0.2, -0.15) is 0 Å². The van der Waals surface area contributed by atoms with Crippen molar-refractivity contribution in [2.45, 2.75) is 134 Å². The molecule has 1 aromatic heterocycles. The minimum absolute atomic E-state index is 0.00418. The first-order valence-corrected chi connectivity index (χ1v) is 26.0. The second kappa shape index (κ2) is 20.0. The van der Waals surface area contributed by atoms with Crippen molar-refractivity contribution < 1.29 is 68.1 Å². The van der Waals surface area contributed by atoms with Gasteiger partial charge in [0.1, 0.15) is 6.10 Å². The zero-order chi connectivity index (χ0) is 44.1. The number of aliphatic hydroxyl groups is 1. The number of sulfonamides is 1. The summed E-state index contributed by atoms with van der Waals surface area (Å²) in [5.41, 5.74) is 6.64. The number of nitrogens with one attached hydrogen (secondary N) is 3. The topological polar surface area (TPSA) is 229 Å². The third-order valence-corrected chi connectivity index (χ3v) is 19.0. The van der Waals surface area contributed by atoms with Crippen LogP contribution in [0.2, 0.25) is 0 Å². The minimum atomic E-state index is -3.95. The maximum atomic E-state index is 14.5. The Labute approximate surface area is 374 Å². The van der Waals surface area contributed by atoms with Crippen LogP contribution < -0.4 is 51.8 Å². The van der Waals surface area contributed by atoms with Crippen LogP contribution in [0.1, 0.15) is 102 Å². The third-order valence-electron chi connectivity index (χ3n) is 13.0. The molecule has 0 radical (unpaired) electrons. The fourth-order valence-corrected chi connectivity index (χ4v) is 13.0. The second-order valence-corrected chi connectivity index (χ2v) is 23.6. The number of rotatable bonds is 23. The van der Waals surface area contributed by atoms with E-state index < -0.39 is 69.6 Å². The number of carbonyl (C=O) groups excluding carboxylic acids is 4. The Kier molecular flexibility index (Phi) is 14.9. The van der Waals surface area contributed by atoms with Gasteiger partial charge in [-0.25, -0.2) is 4.79 Å². The molecule has 16 nitrogen and oxygen atoms in total. The van der Waals surface area contributed by atoms with Crippen LogP contribution >= 0.6 is 0 Å². The van der Waals surface area contributed by atoms with E-state index in [1.165, 1.54) is 0 Å². The summed E-state index contributed by atoms with van der Waals surface area (Å²) in [6, 6.07) is 6.69. The number of primary amides is 1. The standard InChI is InChI=1S/C44H62IN6O10S/c1-3-36-44(45-36,41(55)50-62(57,58)43(2)18-19-43)49-39(54)34-26-30(27-51(34)37(53)24-28-12-6-4-7-13-28)60-40-32(16-9-5-8-14-29-25-35(29)61-42(46)56)38(59-23-21-47-20-22-52)31-15-10-11-17-33(31)48-40/h3,10-11,15,17,28-30,34-36,47,52H,1,4-9,12-14,16,18-27H2,2H3,(H2,46,56)(H,49,54)(H,50,55)/q-1/t29-,30-,34+,35-,36+,44-/m1/s1. The zero-order valence-corrected chi connectivity index (χ0v) is 38.6. The van der Waals surface area contributed by atoms with Gasteiger partial charge in [-0.3, -0.25) is 0 Å². The number of ether oxygens (including phenoxy) is 3. The van der Waals surface area contributed by atoms with Crippen LogP contribution in [0.15, 0.2) is 36.9 Å². The summed E-state index contributed by atoms with van der Waals surface area (Å²) in [6.07, 6.45) is 11.6. The van der Waals surface area contributed by atoms with Crippen LogP contribution in [-0.4, -0.2) is 111 Å². The van der Waals surface area contributed by atoms with Gasteiger partial charge in [0.15, 0.2) is 0 Å². The Morgan fingerprint density at radius 1 is 1.08 bits per heavy atom. The molecule has 2 aliphatic heterocycles. The predicted molar refractivity (Wildman–Crippen MR) is 227 cm³/mol. The number of nitrogens with zero attached hydrogens (tertiary/aromatic N) is 2. The molecule has 0 bridgehead atoms. The Bertz CT molecular complexity index is 2100. The monoisotopic (exact) mass is 993 g/mol. The molecule has 4 amide bonds. The van der Waals surface area contributed by atoms with Crippen molar-refractivity contribution >= 4 is 44.7 Å². The number of likely N-dealkylation sites (tertiary alicyclic amines) is 1. The Hall–Kier alpha value is -3.75. The maximum absolute atomic E-state index is 14.5. The number of halogens is 1. The number of fused-ring (bicyclic) bond motifs is 1. The van der Waals surface area contributed by atoms with E-state index in [2.05, 4.69) is 21.9 Å². The van der Waals surface area contributed by atoms with E-state index in [1.807, 2.05) is 24.3 Å². The van der Waals surface area contributed by atoms with Gasteiger partial charge in [-0.1, -0.05) is 12.5 Å². The van der Waals surface area contributed by atoms with E-state index in [1.54, 1.807) is 17.9 Å². The summed E-state index contributed by atoms with van der Waals surface area (Å²) in [5, 5.41) is 16.2. The molecule has 3 saturated carbocycles. The van der Waals surface area contributed by atoms with Crippen LogP contribution in [0, 0.1) is 11.8 Å². The molecule has 0 unspecified atom stereocenters. The summed E-state index contributed by atoms with van der Waals surface area (Å²) in [4.78, 5) is 60.2. The SMILES string of the molecule is C=C[C@@H]1[I-][C@]1(NC(=O)[C@@H]1C[C@@H](Oc2nc3ccccc3c(OCCNCCO)c2CCCCC[C@@H]2C[C@H]2OC(N)=O)CN1C(=O)CC1CCCCC1)C(=O)NS(=O)(=O)C1(C)CC1. The van der Waals surface area contributed by atoms with E-state index in [-0.39, 0.29) is 41.4 Å².